The highest BCUT2D eigenvalue weighted by atomic mass is 16.1. The van der Waals surface area contributed by atoms with Crippen molar-refractivity contribution in [3.8, 4) is 0 Å². The molecule has 0 fully saturated rings. The Kier molecular flexibility index (Phi) is 2.10. The van der Waals surface area contributed by atoms with Crippen LogP contribution in [0.1, 0.15) is 0 Å². The Morgan fingerprint density at radius 3 is 2.40 bits per heavy atom. The minimum Gasteiger partial charge on any atom is -0.336 e. The Hall–Kier alpha value is -1.25. The SMILES string of the molecule is [B]C(=O)Nc1ccccc1. The molecule has 1 aromatic carbocycles. The van der Waals surface area contributed by atoms with E-state index < -0.39 is 5.81 Å². The monoisotopic (exact) mass is 131 g/mol. The second-order valence-corrected chi connectivity index (χ2v) is 1.86. The van der Waals surface area contributed by atoms with Crippen molar-refractivity contribution < 1.29 is 4.79 Å². The quantitative estimate of drug-likeness (QED) is 0.573. The largest absolute Gasteiger partial charge is 0.336 e. The van der Waals surface area contributed by atoms with Crippen LogP contribution >= 0.6 is 0 Å². The van der Waals surface area contributed by atoms with Crippen LogP contribution in [0.2, 0.25) is 0 Å². The molecule has 1 amide bonds. The topological polar surface area (TPSA) is 29.1 Å². The Labute approximate surface area is 60.7 Å². The zero-order chi connectivity index (χ0) is 7.40. The molecule has 0 heterocycles. The third-order valence-corrected chi connectivity index (χ3v) is 1.04. The van der Waals surface area contributed by atoms with Gasteiger partial charge in [0.05, 0.1) is 0 Å². The second-order valence-electron chi connectivity index (χ2n) is 1.86. The minimum absolute atomic E-state index is 0.536. The van der Waals surface area contributed by atoms with E-state index in [-0.39, 0.29) is 0 Å². The third kappa shape index (κ3) is 1.93. The molecule has 0 bridgehead atoms. The predicted octanol–water partition coefficient (Wildman–Crippen LogP) is 1.39. The molecule has 1 rings (SSSR count). The molecule has 0 atom stereocenters. The lowest BCUT2D eigenvalue weighted by Crippen LogP contribution is -2.07. The Morgan fingerprint density at radius 2 is 1.90 bits per heavy atom. The van der Waals surface area contributed by atoms with Crippen LogP contribution in [0, 0.1) is 0 Å². The highest BCUT2D eigenvalue weighted by Gasteiger charge is 1.89. The van der Waals surface area contributed by atoms with Gasteiger partial charge in [-0.1, -0.05) is 18.2 Å². The summed E-state index contributed by atoms with van der Waals surface area (Å²) in [7, 11) is 4.87. The van der Waals surface area contributed by atoms with E-state index in [0.29, 0.717) is 0 Å². The summed E-state index contributed by atoms with van der Waals surface area (Å²) < 4.78 is 0. The van der Waals surface area contributed by atoms with Gasteiger partial charge in [-0.25, -0.2) is 0 Å². The average Bonchev–Trinajstić information content (AvgIpc) is 1.88. The molecule has 0 aliphatic rings. The van der Waals surface area contributed by atoms with Crippen LogP contribution in [0.3, 0.4) is 0 Å². The van der Waals surface area contributed by atoms with Crippen molar-refractivity contribution in [3.63, 3.8) is 0 Å². The first-order chi connectivity index (χ1) is 4.79. The first-order valence-corrected chi connectivity index (χ1v) is 2.90. The summed E-state index contributed by atoms with van der Waals surface area (Å²) in [6.45, 7) is 0. The molecule has 0 aromatic heterocycles. The van der Waals surface area contributed by atoms with E-state index in [1.54, 1.807) is 12.1 Å². The van der Waals surface area contributed by atoms with Crippen LogP contribution in [0.4, 0.5) is 10.5 Å². The fourth-order valence-corrected chi connectivity index (χ4v) is 0.664. The number of nitrogens with one attached hydrogen (secondary N) is 1. The summed E-state index contributed by atoms with van der Waals surface area (Å²) in [5.41, 5.74) is 0.718. The van der Waals surface area contributed by atoms with Crippen molar-refractivity contribution in [2.24, 2.45) is 0 Å². The molecule has 1 N–H and O–H groups in total. The number of amides is 1. The van der Waals surface area contributed by atoms with Gasteiger partial charge in [0.15, 0.2) is 5.81 Å². The minimum atomic E-state index is -0.536. The Bertz CT molecular complexity index is 222. The number of benzene rings is 1. The number of anilines is 1. The molecule has 48 valence electrons. The molecular weight excluding hydrogens is 125 g/mol. The maximum Gasteiger partial charge on any atom is 0.201 e. The zero-order valence-corrected chi connectivity index (χ0v) is 5.37. The third-order valence-electron chi connectivity index (χ3n) is 1.04. The molecule has 0 saturated carbocycles. The number of para-hydroxylation sites is 1. The van der Waals surface area contributed by atoms with Crippen LogP contribution < -0.4 is 5.32 Å². The van der Waals surface area contributed by atoms with Crippen molar-refractivity contribution in [1.29, 1.82) is 0 Å². The van der Waals surface area contributed by atoms with Crippen LogP contribution in [0.15, 0.2) is 30.3 Å². The predicted molar refractivity (Wildman–Crippen MR) is 41.2 cm³/mol. The molecule has 0 spiro atoms. The van der Waals surface area contributed by atoms with E-state index in [9.17, 15) is 4.79 Å². The van der Waals surface area contributed by atoms with Crippen molar-refractivity contribution in [2.45, 2.75) is 0 Å². The maximum absolute atomic E-state index is 10.3. The molecule has 1 aromatic rings. The van der Waals surface area contributed by atoms with Crippen LogP contribution in [0.25, 0.3) is 0 Å². The molecule has 2 radical (unpaired) electrons. The molecule has 0 saturated heterocycles. The first-order valence-electron chi connectivity index (χ1n) is 2.90. The second kappa shape index (κ2) is 3.06. The van der Waals surface area contributed by atoms with E-state index in [1.807, 2.05) is 18.2 Å². The average molecular weight is 131 g/mol. The summed E-state index contributed by atoms with van der Waals surface area (Å²) in [5.74, 6) is -0.536. The molecule has 0 aliphatic heterocycles. The Morgan fingerprint density at radius 1 is 1.30 bits per heavy atom. The standard InChI is InChI=1S/C7H6BNO/c8-7(10)9-6-4-2-1-3-5-6/h1-5H,(H,9,10). The highest BCUT2D eigenvalue weighted by Crippen LogP contribution is 2.03. The van der Waals surface area contributed by atoms with E-state index in [0.717, 1.165) is 5.69 Å². The van der Waals surface area contributed by atoms with Gasteiger partial charge in [-0.2, -0.15) is 0 Å². The maximum atomic E-state index is 10.3. The van der Waals surface area contributed by atoms with Gasteiger partial charge >= 0.3 is 0 Å². The lowest BCUT2D eigenvalue weighted by molar-refractivity contribution is 0.269. The number of carbonyl (C=O) groups is 1. The summed E-state index contributed by atoms with van der Waals surface area (Å²) in [4.78, 5) is 10.3. The number of rotatable bonds is 1. The van der Waals surface area contributed by atoms with Crippen molar-refractivity contribution in [1.82, 2.24) is 0 Å². The first kappa shape index (κ1) is 6.87. The van der Waals surface area contributed by atoms with Gasteiger partial charge in [0.2, 0.25) is 7.85 Å². The van der Waals surface area contributed by atoms with E-state index >= 15 is 0 Å². The normalized spacial score (nSPS) is 8.80. The molecule has 0 unspecified atom stereocenters. The molecular formula is C7H6BNO. The number of hydrogen-bond donors (Lipinski definition) is 1. The number of hydrogen-bond acceptors (Lipinski definition) is 1. The van der Waals surface area contributed by atoms with Gasteiger partial charge in [0.25, 0.3) is 0 Å². The van der Waals surface area contributed by atoms with Gasteiger partial charge in [-0.3, -0.25) is 4.79 Å². The molecule has 10 heavy (non-hydrogen) atoms. The van der Waals surface area contributed by atoms with Gasteiger partial charge < -0.3 is 5.32 Å². The fraction of sp³-hybridized carbons (Fsp3) is 0. The highest BCUT2D eigenvalue weighted by molar-refractivity contribution is 6.60. The molecule has 2 nitrogen and oxygen atoms in total. The van der Waals surface area contributed by atoms with Crippen LogP contribution in [-0.4, -0.2) is 13.7 Å². The number of carbonyl (C=O) groups excluding carboxylic acids is 1. The van der Waals surface area contributed by atoms with E-state index in [2.05, 4.69) is 5.32 Å². The van der Waals surface area contributed by atoms with Crippen molar-refractivity contribution >= 4 is 19.3 Å². The smallest absolute Gasteiger partial charge is 0.201 e. The van der Waals surface area contributed by atoms with Gasteiger partial charge in [-0.15, -0.1) is 0 Å². The van der Waals surface area contributed by atoms with Crippen molar-refractivity contribution in [2.75, 3.05) is 5.32 Å². The lowest BCUT2D eigenvalue weighted by atomic mass is 10.1. The van der Waals surface area contributed by atoms with Crippen LogP contribution in [0.5, 0.6) is 0 Å². The lowest BCUT2D eigenvalue weighted by Gasteiger charge is -1.98. The van der Waals surface area contributed by atoms with Gasteiger partial charge in [-0.05, 0) is 12.1 Å². The molecule has 0 aliphatic carbocycles. The Balaban J connectivity index is 2.67. The van der Waals surface area contributed by atoms with Crippen LogP contribution in [-0.2, 0) is 0 Å². The van der Waals surface area contributed by atoms with E-state index in [4.69, 9.17) is 7.85 Å². The zero-order valence-electron chi connectivity index (χ0n) is 5.37. The summed E-state index contributed by atoms with van der Waals surface area (Å²) in [6, 6.07) is 9.05. The van der Waals surface area contributed by atoms with E-state index in [1.165, 1.54) is 0 Å². The molecule has 3 heteroatoms. The summed E-state index contributed by atoms with van der Waals surface area (Å²) in [5, 5.41) is 2.44. The summed E-state index contributed by atoms with van der Waals surface area (Å²) in [6.07, 6.45) is 0. The fourth-order valence-electron chi connectivity index (χ4n) is 0.664. The van der Waals surface area contributed by atoms with Crippen molar-refractivity contribution in [3.05, 3.63) is 30.3 Å². The van der Waals surface area contributed by atoms with Gasteiger partial charge in [0.1, 0.15) is 0 Å². The van der Waals surface area contributed by atoms with Gasteiger partial charge in [0, 0.05) is 5.69 Å². The summed E-state index contributed by atoms with van der Waals surface area (Å²) >= 11 is 0.